The molecule has 2 rings (SSSR count). The van der Waals surface area contributed by atoms with Gasteiger partial charge in [-0.1, -0.05) is 11.6 Å². The zero-order valence-electron chi connectivity index (χ0n) is 10.6. The third-order valence-electron chi connectivity index (χ3n) is 2.90. The predicted octanol–water partition coefficient (Wildman–Crippen LogP) is 3.68. The van der Waals surface area contributed by atoms with Crippen LogP contribution in [-0.2, 0) is 4.74 Å². The number of hydrogen-bond acceptors (Lipinski definition) is 3. The molecule has 0 aliphatic rings. The van der Waals surface area contributed by atoms with Gasteiger partial charge in [-0.15, -0.1) is 0 Å². The molecule has 4 heteroatoms. The average Bonchev–Trinajstić information content (AvgIpc) is 2.36. The second-order valence-electron chi connectivity index (χ2n) is 4.09. The largest absolute Gasteiger partial charge is 0.462 e. The summed E-state index contributed by atoms with van der Waals surface area (Å²) in [4.78, 5) is 16.1. The van der Waals surface area contributed by atoms with E-state index in [-0.39, 0.29) is 5.97 Å². The van der Waals surface area contributed by atoms with Crippen LogP contribution in [0, 0.1) is 13.8 Å². The maximum atomic E-state index is 11.7. The van der Waals surface area contributed by atoms with Gasteiger partial charge in [0.15, 0.2) is 0 Å². The molecule has 1 heterocycles. The summed E-state index contributed by atoms with van der Waals surface area (Å²) in [6.07, 6.45) is 0. The lowest BCUT2D eigenvalue weighted by Gasteiger charge is -2.08. The number of benzene rings is 1. The number of ether oxygens (including phenoxy) is 1. The fourth-order valence-corrected chi connectivity index (χ4v) is 2.06. The van der Waals surface area contributed by atoms with Crippen LogP contribution in [0.2, 0.25) is 5.02 Å². The van der Waals surface area contributed by atoms with Gasteiger partial charge in [-0.05, 0) is 44.5 Å². The van der Waals surface area contributed by atoms with Gasteiger partial charge in [-0.25, -0.2) is 4.79 Å². The van der Waals surface area contributed by atoms with E-state index < -0.39 is 0 Å². The molecule has 94 valence electrons. The van der Waals surface area contributed by atoms with Gasteiger partial charge >= 0.3 is 5.97 Å². The molecule has 0 fully saturated rings. The average molecular weight is 264 g/mol. The van der Waals surface area contributed by atoms with Crippen molar-refractivity contribution in [2.75, 3.05) is 6.61 Å². The fourth-order valence-electron chi connectivity index (χ4n) is 1.78. The van der Waals surface area contributed by atoms with Crippen molar-refractivity contribution in [2.24, 2.45) is 0 Å². The zero-order chi connectivity index (χ0) is 13.3. The van der Waals surface area contributed by atoms with Gasteiger partial charge in [0.05, 0.1) is 22.7 Å². The number of aryl methyl sites for hydroxylation is 1. The van der Waals surface area contributed by atoms with Gasteiger partial charge < -0.3 is 4.74 Å². The molecule has 0 saturated heterocycles. The lowest BCUT2D eigenvalue weighted by Crippen LogP contribution is -2.04. The summed E-state index contributed by atoms with van der Waals surface area (Å²) in [7, 11) is 0. The van der Waals surface area contributed by atoms with Crippen molar-refractivity contribution >= 4 is 28.5 Å². The summed E-state index contributed by atoms with van der Waals surface area (Å²) in [5, 5.41) is 1.42. The standard InChI is InChI=1S/C14H14ClNO2/c1-4-18-14(17)10-5-6-12-11(7-10)13(15)8(2)9(3)16-12/h5-7H,4H2,1-3H3. The van der Waals surface area contributed by atoms with Crippen LogP contribution in [0.5, 0.6) is 0 Å². The Morgan fingerprint density at radius 3 is 2.78 bits per heavy atom. The lowest BCUT2D eigenvalue weighted by molar-refractivity contribution is 0.0526. The predicted molar refractivity (Wildman–Crippen MR) is 72.2 cm³/mol. The normalized spacial score (nSPS) is 10.7. The highest BCUT2D eigenvalue weighted by molar-refractivity contribution is 6.36. The topological polar surface area (TPSA) is 39.2 Å². The SMILES string of the molecule is CCOC(=O)c1ccc2nc(C)c(C)c(Cl)c2c1. The molecule has 0 saturated carbocycles. The number of esters is 1. The Morgan fingerprint density at radius 2 is 2.11 bits per heavy atom. The van der Waals surface area contributed by atoms with Crippen molar-refractivity contribution in [3.63, 3.8) is 0 Å². The van der Waals surface area contributed by atoms with E-state index in [9.17, 15) is 4.79 Å². The second-order valence-corrected chi connectivity index (χ2v) is 4.47. The Balaban J connectivity index is 2.61. The van der Waals surface area contributed by atoms with E-state index in [1.54, 1.807) is 25.1 Å². The molecule has 18 heavy (non-hydrogen) atoms. The number of carbonyl (C=O) groups excluding carboxylic acids is 1. The number of pyridine rings is 1. The van der Waals surface area contributed by atoms with Crippen molar-refractivity contribution < 1.29 is 9.53 Å². The molecule has 0 spiro atoms. The number of carbonyl (C=O) groups is 1. The minimum atomic E-state index is -0.339. The summed E-state index contributed by atoms with van der Waals surface area (Å²) in [6.45, 7) is 5.97. The van der Waals surface area contributed by atoms with E-state index in [2.05, 4.69) is 4.98 Å². The molecule has 0 radical (unpaired) electrons. The quantitative estimate of drug-likeness (QED) is 0.776. The Hall–Kier alpha value is -1.61. The fraction of sp³-hybridized carbons (Fsp3) is 0.286. The van der Waals surface area contributed by atoms with E-state index >= 15 is 0 Å². The molecule has 0 amide bonds. The summed E-state index contributed by atoms with van der Waals surface area (Å²) in [5.74, 6) is -0.339. The van der Waals surface area contributed by atoms with Gasteiger partial charge in [0.25, 0.3) is 0 Å². The van der Waals surface area contributed by atoms with Crippen LogP contribution < -0.4 is 0 Å². The van der Waals surface area contributed by atoms with Crippen LogP contribution >= 0.6 is 11.6 Å². The third kappa shape index (κ3) is 2.18. The maximum Gasteiger partial charge on any atom is 0.338 e. The number of nitrogens with zero attached hydrogens (tertiary/aromatic N) is 1. The number of aromatic nitrogens is 1. The lowest BCUT2D eigenvalue weighted by atomic mass is 10.1. The Bertz CT molecular complexity index is 623. The molecule has 1 aromatic carbocycles. The number of hydrogen-bond donors (Lipinski definition) is 0. The summed E-state index contributed by atoms with van der Waals surface area (Å²) in [6, 6.07) is 5.23. The minimum Gasteiger partial charge on any atom is -0.462 e. The van der Waals surface area contributed by atoms with Crippen LogP contribution in [0.1, 0.15) is 28.5 Å². The van der Waals surface area contributed by atoms with E-state index in [0.717, 1.165) is 22.2 Å². The van der Waals surface area contributed by atoms with Crippen molar-refractivity contribution in [3.05, 3.63) is 40.0 Å². The molecular weight excluding hydrogens is 250 g/mol. The summed E-state index contributed by atoms with van der Waals surface area (Å²) in [5.41, 5.74) is 3.12. The van der Waals surface area contributed by atoms with Crippen LogP contribution in [0.3, 0.4) is 0 Å². The van der Waals surface area contributed by atoms with Crippen LogP contribution in [0.25, 0.3) is 10.9 Å². The van der Waals surface area contributed by atoms with Crippen molar-refractivity contribution in [1.29, 1.82) is 0 Å². The molecule has 2 aromatic rings. The Kier molecular flexibility index (Phi) is 3.53. The monoisotopic (exact) mass is 263 g/mol. The van der Waals surface area contributed by atoms with Gasteiger partial charge in [-0.3, -0.25) is 4.98 Å². The number of halogens is 1. The molecule has 0 aliphatic heterocycles. The van der Waals surface area contributed by atoms with E-state index in [4.69, 9.17) is 16.3 Å². The highest BCUT2D eigenvalue weighted by Gasteiger charge is 2.11. The number of rotatable bonds is 2. The van der Waals surface area contributed by atoms with Gasteiger partial charge in [0.1, 0.15) is 0 Å². The summed E-state index contributed by atoms with van der Waals surface area (Å²) < 4.78 is 4.97. The van der Waals surface area contributed by atoms with Gasteiger partial charge in [0, 0.05) is 11.1 Å². The third-order valence-corrected chi connectivity index (χ3v) is 3.39. The smallest absolute Gasteiger partial charge is 0.338 e. The first-order chi connectivity index (χ1) is 8.54. The van der Waals surface area contributed by atoms with E-state index in [0.29, 0.717) is 17.2 Å². The molecule has 3 nitrogen and oxygen atoms in total. The first-order valence-electron chi connectivity index (χ1n) is 5.78. The van der Waals surface area contributed by atoms with E-state index in [1.165, 1.54) is 0 Å². The summed E-state index contributed by atoms with van der Waals surface area (Å²) >= 11 is 6.29. The zero-order valence-corrected chi connectivity index (χ0v) is 11.3. The van der Waals surface area contributed by atoms with Crippen molar-refractivity contribution in [3.8, 4) is 0 Å². The maximum absolute atomic E-state index is 11.7. The molecule has 0 unspecified atom stereocenters. The second kappa shape index (κ2) is 4.94. The van der Waals surface area contributed by atoms with Crippen LogP contribution in [0.4, 0.5) is 0 Å². The van der Waals surface area contributed by atoms with Gasteiger partial charge in [-0.2, -0.15) is 0 Å². The van der Waals surface area contributed by atoms with Crippen molar-refractivity contribution in [1.82, 2.24) is 4.98 Å². The number of fused-ring (bicyclic) bond motifs is 1. The molecule has 0 aliphatic carbocycles. The first kappa shape index (κ1) is 12.8. The van der Waals surface area contributed by atoms with Crippen LogP contribution in [0.15, 0.2) is 18.2 Å². The molecular formula is C14H14ClNO2. The van der Waals surface area contributed by atoms with Gasteiger partial charge in [0.2, 0.25) is 0 Å². The Labute approximate surface area is 111 Å². The van der Waals surface area contributed by atoms with E-state index in [1.807, 2.05) is 13.8 Å². The molecule has 1 aromatic heterocycles. The highest BCUT2D eigenvalue weighted by Crippen LogP contribution is 2.28. The molecule has 0 N–H and O–H groups in total. The molecule has 0 bridgehead atoms. The molecule has 0 atom stereocenters. The van der Waals surface area contributed by atoms with Crippen LogP contribution in [-0.4, -0.2) is 17.6 Å². The van der Waals surface area contributed by atoms with Crippen molar-refractivity contribution in [2.45, 2.75) is 20.8 Å². The highest BCUT2D eigenvalue weighted by atomic mass is 35.5. The minimum absolute atomic E-state index is 0.339. The first-order valence-corrected chi connectivity index (χ1v) is 6.16. The Morgan fingerprint density at radius 1 is 1.39 bits per heavy atom.